The van der Waals surface area contributed by atoms with Gasteiger partial charge in [0.25, 0.3) is 0 Å². The SMILES string of the molecule is CCOc1ccc(S(=O)(=O)N2CCN(C)CC2)cc1C#N. The van der Waals surface area contributed by atoms with Gasteiger partial charge in [-0.15, -0.1) is 0 Å². The van der Waals surface area contributed by atoms with Crippen molar-refractivity contribution in [2.75, 3.05) is 39.8 Å². The van der Waals surface area contributed by atoms with E-state index in [4.69, 9.17) is 10.00 Å². The van der Waals surface area contributed by atoms with Crippen molar-refractivity contribution in [1.82, 2.24) is 9.21 Å². The van der Waals surface area contributed by atoms with Gasteiger partial charge in [0.2, 0.25) is 10.0 Å². The molecule has 1 saturated heterocycles. The summed E-state index contributed by atoms with van der Waals surface area (Å²) in [6.45, 7) is 4.60. The number of sulfonamides is 1. The van der Waals surface area contributed by atoms with Gasteiger partial charge < -0.3 is 9.64 Å². The van der Waals surface area contributed by atoms with Crippen LogP contribution in [0.4, 0.5) is 0 Å². The second kappa shape index (κ2) is 6.43. The Labute approximate surface area is 125 Å². The normalized spacial score (nSPS) is 17.4. The van der Waals surface area contributed by atoms with Crippen molar-refractivity contribution in [3.63, 3.8) is 0 Å². The number of nitrogens with zero attached hydrogens (tertiary/aromatic N) is 3. The average molecular weight is 309 g/mol. The highest BCUT2D eigenvalue weighted by Crippen LogP contribution is 2.24. The van der Waals surface area contributed by atoms with Gasteiger partial charge in [0.05, 0.1) is 17.1 Å². The molecule has 0 radical (unpaired) electrons. The predicted octanol–water partition coefficient (Wildman–Crippen LogP) is 0.893. The second-order valence-corrected chi connectivity index (χ2v) is 6.85. The topological polar surface area (TPSA) is 73.6 Å². The molecule has 0 N–H and O–H groups in total. The molecule has 0 amide bonds. The van der Waals surface area contributed by atoms with Crippen LogP contribution in [0.15, 0.2) is 23.1 Å². The number of ether oxygens (including phenoxy) is 1. The van der Waals surface area contributed by atoms with E-state index >= 15 is 0 Å². The van der Waals surface area contributed by atoms with Crippen LogP contribution in [0.1, 0.15) is 12.5 Å². The van der Waals surface area contributed by atoms with Crippen LogP contribution in [-0.4, -0.2) is 57.5 Å². The highest BCUT2D eigenvalue weighted by molar-refractivity contribution is 7.89. The Bertz CT molecular complexity index is 644. The number of hydrogen-bond acceptors (Lipinski definition) is 5. The lowest BCUT2D eigenvalue weighted by Crippen LogP contribution is -2.47. The van der Waals surface area contributed by atoms with Crippen molar-refractivity contribution in [2.24, 2.45) is 0 Å². The van der Waals surface area contributed by atoms with E-state index in [0.29, 0.717) is 38.5 Å². The van der Waals surface area contributed by atoms with Crippen LogP contribution >= 0.6 is 0 Å². The monoisotopic (exact) mass is 309 g/mol. The summed E-state index contributed by atoms with van der Waals surface area (Å²) in [4.78, 5) is 2.23. The van der Waals surface area contributed by atoms with Crippen molar-refractivity contribution < 1.29 is 13.2 Å². The van der Waals surface area contributed by atoms with E-state index in [-0.39, 0.29) is 10.5 Å². The minimum Gasteiger partial charge on any atom is -0.492 e. The Balaban J connectivity index is 2.30. The fourth-order valence-electron chi connectivity index (χ4n) is 2.22. The first-order valence-corrected chi connectivity index (χ1v) is 8.28. The summed E-state index contributed by atoms with van der Waals surface area (Å²) in [6.07, 6.45) is 0. The number of rotatable bonds is 4. The molecule has 0 atom stereocenters. The van der Waals surface area contributed by atoms with E-state index in [1.165, 1.54) is 16.4 Å². The first-order chi connectivity index (χ1) is 9.98. The molecule has 114 valence electrons. The maximum absolute atomic E-state index is 12.6. The molecule has 0 aromatic heterocycles. The van der Waals surface area contributed by atoms with Crippen LogP contribution in [0.25, 0.3) is 0 Å². The van der Waals surface area contributed by atoms with E-state index in [1.807, 2.05) is 20.0 Å². The molecule has 1 heterocycles. The Hall–Kier alpha value is -1.62. The molecular weight excluding hydrogens is 290 g/mol. The minimum atomic E-state index is -3.55. The first-order valence-electron chi connectivity index (χ1n) is 6.84. The summed E-state index contributed by atoms with van der Waals surface area (Å²) in [5.74, 6) is 0.414. The largest absolute Gasteiger partial charge is 0.492 e. The van der Waals surface area contributed by atoms with Gasteiger partial charge in [0, 0.05) is 26.2 Å². The van der Waals surface area contributed by atoms with Gasteiger partial charge in [0.1, 0.15) is 11.8 Å². The number of benzene rings is 1. The third-order valence-corrected chi connectivity index (χ3v) is 5.37. The molecule has 0 spiro atoms. The van der Waals surface area contributed by atoms with Crippen LogP contribution in [0.5, 0.6) is 5.75 Å². The van der Waals surface area contributed by atoms with Crippen molar-refractivity contribution in [3.05, 3.63) is 23.8 Å². The van der Waals surface area contributed by atoms with Crippen LogP contribution in [0.2, 0.25) is 0 Å². The molecule has 1 aliphatic rings. The standard InChI is InChI=1S/C14H19N3O3S/c1-3-20-14-5-4-13(10-12(14)11-15)21(18,19)17-8-6-16(2)7-9-17/h4-5,10H,3,6-9H2,1-2H3. The van der Waals surface area contributed by atoms with Crippen molar-refractivity contribution in [1.29, 1.82) is 5.26 Å². The molecule has 0 aliphatic carbocycles. The van der Waals surface area contributed by atoms with Gasteiger partial charge in [-0.3, -0.25) is 0 Å². The predicted molar refractivity (Wildman–Crippen MR) is 78.6 cm³/mol. The van der Waals surface area contributed by atoms with Crippen LogP contribution in [0.3, 0.4) is 0 Å². The lowest BCUT2D eigenvalue weighted by Gasteiger charge is -2.31. The highest BCUT2D eigenvalue weighted by Gasteiger charge is 2.28. The van der Waals surface area contributed by atoms with Crippen molar-refractivity contribution >= 4 is 10.0 Å². The zero-order chi connectivity index (χ0) is 15.5. The van der Waals surface area contributed by atoms with E-state index in [1.54, 1.807) is 6.07 Å². The number of hydrogen-bond donors (Lipinski definition) is 0. The van der Waals surface area contributed by atoms with E-state index in [0.717, 1.165) is 0 Å². The fraction of sp³-hybridized carbons (Fsp3) is 0.500. The number of piperazine rings is 1. The summed E-state index contributed by atoms with van der Waals surface area (Å²) in [6, 6.07) is 6.42. The lowest BCUT2D eigenvalue weighted by molar-refractivity contribution is 0.222. The maximum Gasteiger partial charge on any atom is 0.243 e. The number of nitriles is 1. The summed E-state index contributed by atoms with van der Waals surface area (Å²) >= 11 is 0. The average Bonchev–Trinajstić information content (AvgIpc) is 2.48. The van der Waals surface area contributed by atoms with Gasteiger partial charge in [-0.05, 0) is 32.2 Å². The molecule has 2 rings (SSSR count). The summed E-state index contributed by atoms with van der Waals surface area (Å²) in [7, 11) is -1.58. The second-order valence-electron chi connectivity index (χ2n) is 4.91. The third kappa shape index (κ3) is 3.35. The summed E-state index contributed by atoms with van der Waals surface area (Å²) in [5, 5.41) is 9.14. The molecule has 0 saturated carbocycles. The Morgan fingerprint density at radius 2 is 1.95 bits per heavy atom. The molecular formula is C14H19N3O3S. The van der Waals surface area contributed by atoms with Gasteiger partial charge in [0.15, 0.2) is 0 Å². The summed E-state index contributed by atoms with van der Waals surface area (Å²) < 4.78 is 32.0. The van der Waals surface area contributed by atoms with Crippen molar-refractivity contribution in [3.8, 4) is 11.8 Å². The lowest BCUT2D eigenvalue weighted by atomic mass is 10.2. The molecule has 1 aromatic carbocycles. The first kappa shape index (κ1) is 15.8. The molecule has 1 fully saturated rings. The van der Waals surface area contributed by atoms with E-state index < -0.39 is 10.0 Å². The van der Waals surface area contributed by atoms with Crippen LogP contribution in [0, 0.1) is 11.3 Å². The Kier molecular flexibility index (Phi) is 4.83. The van der Waals surface area contributed by atoms with E-state index in [9.17, 15) is 8.42 Å². The van der Waals surface area contributed by atoms with Gasteiger partial charge in [-0.25, -0.2) is 8.42 Å². The van der Waals surface area contributed by atoms with Crippen LogP contribution in [-0.2, 0) is 10.0 Å². The van der Waals surface area contributed by atoms with Gasteiger partial charge in [-0.2, -0.15) is 9.57 Å². The van der Waals surface area contributed by atoms with Crippen molar-refractivity contribution in [2.45, 2.75) is 11.8 Å². The Morgan fingerprint density at radius 1 is 1.29 bits per heavy atom. The van der Waals surface area contributed by atoms with Gasteiger partial charge >= 0.3 is 0 Å². The quantitative estimate of drug-likeness (QED) is 0.826. The molecule has 6 nitrogen and oxygen atoms in total. The third-order valence-electron chi connectivity index (χ3n) is 3.47. The molecule has 1 aromatic rings. The zero-order valence-corrected chi connectivity index (χ0v) is 13.1. The number of likely N-dealkylation sites (N-methyl/N-ethyl adjacent to an activating group) is 1. The zero-order valence-electron chi connectivity index (χ0n) is 12.2. The fourth-order valence-corrected chi connectivity index (χ4v) is 3.66. The van der Waals surface area contributed by atoms with Gasteiger partial charge in [-0.1, -0.05) is 0 Å². The minimum absolute atomic E-state index is 0.145. The molecule has 1 aliphatic heterocycles. The highest BCUT2D eigenvalue weighted by atomic mass is 32.2. The molecule has 7 heteroatoms. The maximum atomic E-state index is 12.6. The molecule has 21 heavy (non-hydrogen) atoms. The Morgan fingerprint density at radius 3 is 2.52 bits per heavy atom. The summed E-state index contributed by atoms with van der Waals surface area (Å²) in [5.41, 5.74) is 0.243. The smallest absolute Gasteiger partial charge is 0.243 e. The molecule has 0 unspecified atom stereocenters. The van der Waals surface area contributed by atoms with Crippen LogP contribution < -0.4 is 4.74 Å². The van der Waals surface area contributed by atoms with E-state index in [2.05, 4.69) is 4.90 Å². The molecule has 0 bridgehead atoms.